The normalized spacial score (nSPS) is 10.7. The predicted octanol–water partition coefficient (Wildman–Crippen LogP) is 2.96. The highest BCUT2D eigenvalue weighted by atomic mass is 35.5. The van der Waals surface area contributed by atoms with Crippen molar-refractivity contribution in [3.63, 3.8) is 0 Å². The Kier molecular flexibility index (Phi) is 4.26. The van der Waals surface area contributed by atoms with Crippen molar-refractivity contribution in [3.8, 4) is 11.5 Å². The fraction of sp³-hybridized carbons (Fsp3) is 0.188. The second-order valence-corrected chi connectivity index (χ2v) is 5.44. The molecule has 0 atom stereocenters. The molecule has 1 aromatic carbocycles. The fourth-order valence-corrected chi connectivity index (χ4v) is 2.54. The molecule has 0 bridgehead atoms. The third-order valence-corrected chi connectivity index (χ3v) is 3.86. The molecule has 0 aliphatic heterocycles. The van der Waals surface area contributed by atoms with Crippen LogP contribution in [0, 0.1) is 6.92 Å². The Morgan fingerprint density at radius 3 is 2.62 bits per heavy atom. The molecule has 7 nitrogen and oxygen atoms in total. The van der Waals surface area contributed by atoms with Gasteiger partial charge in [0.15, 0.2) is 5.65 Å². The molecular formula is C16H15ClN4O3. The van der Waals surface area contributed by atoms with Crippen LogP contribution in [0.3, 0.4) is 0 Å². The molecule has 1 amide bonds. The van der Waals surface area contributed by atoms with Crippen molar-refractivity contribution < 1.29 is 14.3 Å². The number of carbonyl (C=O) groups excluding carboxylic acids is 1. The van der Waals surface area contributed by atoms with Gasteiger partial charge >= 0.3 is 0 Å². The van der Waals surface area contributed by atoms with Gasteiger partial charge in [-0.15, -0.1) is 10.2 Å². The van der Waals surface area contributed by atoms with Crippen LogP contribution in [0.15, 0.2) is 30.5 Å². The quantitative estimate of drug-likeness (QED) is 0.785. The van der Waals surface area contributed by atoms with Gasteiger partial charge in [-0.2, -0.15) is 0 Å². The van der Waals surface area contributed by atoms with E-state index < -0.39 is 0 Å². The van der Waals surface area contributed by atoms with Gasteiger partial charge in [-0.05, 0) is 19.1 Å². The number of aryl methyl sites for hydroxylation is 1. The number of aromatic nitrogens is 3. The van der Waals surface area contributed by atoms with E-state index in [9.17, 15) is 4.79 Å². The Morgan fingerprint density at radius 2 is 1.92 bits per heavy atom. The third kappa shape index (κ3) is 2.85. The summed E-state index contributed by atoms with van der Waals surface area (Å²) in [5.41, 5.74) is 1.51. The van der Waals surface area contributed by atoms with Crippen LogP contribution in [0.1, 0.15) is 16.2 Å². The van der Waals surface area contributed by atoms with Crippen LogP contribution >= 0.6 is 11.6 Å². The van der Waals surface area contributed by atoms with E-state index in [0.29, 0.717) is 33.4 Å². The number of carbonyl (C=O) groups is 1. The smallest absolute Gasteiger partial charge is 0.255 e. The van der Waals surface area contributed by atoms with Crippen LogP contribution in [0.2, 0.25) is 5.02 Å². The number of nitrogens with one attached hydrogen (secondary N) is 1. The van der Waals surface area contributed by atoms with Crippen molar-refractivity contribution in [2.45, 2.75) is 6.92 Å². The van der Waals surface area contributed by atoms with Crippen molar-refractivity contribution >= 4 is 28.8 Å². The minimum absolute atomic E-state index is 0.305. The van der Waals surface area contributed by atoms with Gasteiger partial charge in [0.25, 0.3) is 5.91 Å². The lowest BCUT2D eigenvalue weighted by Crippen LogP contribution is -2.13. The Labute approximate surface area is 143 Å². The Bertz CT molecular complexity index is 923. The predicted molar refractivity (Wildman–Crippen MR) is 90.2 cm³/mol. The lowest BCUT2D eigenvalue weighted by atomic mass is 10.2. The van der Waals surface area contributed by atoms with Gasteiger partial charge in [0.05, 0.1) is 24.9 Å². The zero-order valence-corrected chi connectivity index (χ0v) is 14.1. The fourth-order valence-electron chi connectivity index (χ4n) is 2.30. The number of ether oxygens (including phenoxy) is 2. The van der Waals surface area contributed by atoms with Crippen LogP contribution < -0.4 is 14.8 Å². The maximum absolute atomic E-state index is 12.5. The Balaban J connectivity index is 1.93. The summed E-state index contributed by atoms with van der Waals surface area (Å²) < 4.78 is 12.2. The van der Waals surface area contributed by atoms with E-state index in [1.807, 2.05) is 6.92 Å². The number of nitrogens with zero attached hydrogens (tertiary/aromatic N) is 3. The summed E-state index contributed by atoms with van der Waals surface area (Å²) in [6.07, 6.45) is 1.75. The first-order chi connectivity index (χ1) is 11.5. The lowest BCUT2D eigenvalue weighted by molar-refractivity contribution is 0.102. The zero-order chi connectivity index (χ0) is 17.3. The van der Waals surface area contributed by atoms with E-state index in [2.05, 4.69) is 15.5 Å². The Hall–Kier alpha value is -2.80. The van der Waals surface area contributed by atoms with Gasteiger partial charge in [0, 0.05) is 23.9 Å². The number of fused-ring (bicyclic) bond motifs is 1. The molecule has 0 fully saturated rings. The molecular weight excluding hydrogens is 332 g/mol. The van der Waals surface area contributed by atoms with E-state index in [4.69, 9.17) is 21.1 Å². The summed E-state index contributed by atoms with van der Waals surface area (Å²) in [4.78, 5) is 12.5. The van der Waals surface area contributed by atoms with E-state index >= 15 is 0 Å². The second kappa shape index (κ2) is 6.37. The number of anilines is 1. The van der Waals surface area contributed by atoms with Crippen molar-refractivity contribution in [3.05, 3.63) is 46.9 Å². The van der Waals surface area contributed by atoms with Gasteiger partial charge in [0.1, 0.15) is 17.3 Å². The molecule has 1 N–H and O–H groups in total. The topological polar surface area (TPSA) is 77.8 Å². The first-order valence-corrected chi connectivity index (χ1v) is 7.45. The van der Waals surface area contributed by atoms with Crippen LogP contribution in [-0.2, 0) is 0 Å². The number of halogens is 1. The molecule has 0 aliphatic carbocycles. The first kappa shape index (κ1) is 16.1. The minimum atomic E-state index is -0.305. The number of pyridine rings is 1. The molecule has 0 unspecified atom stereocenters. The average molecular weight is 347 g/mol. The number of amides is 1. The van der Waals surface area contributed by atoms with E-state index in [1.165, 1.54) is 14.2 Å². The first-order valence-electron chi connectivity index (χ1n) is 7.07. The van der Waals surface area contributed by atoms with Crippen LogP contribution in [0.5, 0.6) is 11.5 Å². The van der Waals surface area contributed by atoms with E-state index in [-0.39, 0.29) is 5.91 Å². The van der Waals surface area contributed by atoms with Crippen LogP contribution in [0.25, 0.3) is 5.65 Å². The molecule has 0 saturated heterocycles. The maximum atomic E-state index is 12.5. The largest absolute Gasteiger partial charge is 0.495 e. The Morgan fingerprint density at radius 1 is 1.17 bits per heavy atom. The molecule has 3 rings (SSSR count). The molecule has 0 aliphatic rings. The minimum Gasteiger partial charge on any atom is -0.495 e. The molecule has 2 aromatic heterocycles. The zero-order valence-electron chi connectivity index (χ0n) is 13.3. The average Bonchev–Trinajstić information content (AvgIpc) is 2.96. The van der Waals surface area contributed by atoms with Gasteiger partial charge in [-0.25, -0.2) is 0 Å². The lowest BCUT2D eigenvalue weighted by Gasteiger charge is -2.13. The molecule has 3 aromatic rings. The van der Waals surface area contributed by atoms with E-state index in [1.54, 1.807) is 34.9 Å². The SMILES string of the molecule is COc1cc(NC(=O)c2ccn3c(C)nnc3c2)c(OC)cc1Cl. The highest BCUT2D eigenvalue weighted by Crippen LogP contribution is 2.36. The van der Waals surface area contributed by atoms with Crippen LogP contribution in [0.4, 0.5) is 5.69 Å². The standard InChI is InChI=1S/C16H15ClN4O3/c1-9-19-20-15-6-10(4-5-21(9)15)16(22)18-12-8-13(23-2)11(17)7-14(12)24-3/h4-8H,1-3H3,(H,18,22). The van der Waals surface area contributed by atoms with Crippen molar-refractivity contribution in [1.82, 2.24) is 14.6 Å². The van der Waals surface area contributed by atoms with Crippen molar-refractivity contribution in [2.24, 2.45) is 0 Å². The molecule has 0 spiro atoms. The molecule has 2 heterocycles. The molecule has 124 valence electrons. The van der Waals surface area contributed by atoms with Gasteiger partial charge in [0.2, 0.25) is 0 Å². The van der Waals surface area contributed by atoms with Crippen LogP contribution in [-0.4, -0.2) is 34.7 Å². The number of rotatable bonds is 4. The highest BCUT2D eigenvalue weighted by molar-refractivity contribution is 6.32. The van der Waals surface area contributed by atoms with Crippen molar-refractivity contribution in [1.29, 1.82) is 0 Å². The highest BCUT2D eigenvalue weighted by Gasteiger charge is 2.14. The molecule has 0 saturated carbocycles. The van der Waals surface area contributed by atoms with Gasteiger partial charge < -0.3 is 14.8 Å². The van der Waals surface area contributed by atoms with Gasteiger partial charge in [-0.3, -0.25) is 9.20 Å². The monoisotopic (exact) mass is 346 g/mol. The number of hydrogen-bond donors (Lipinski definition) is 1. The third-order valence-electron chi connectivity index (χ3n) is 3.56. The summed E-state index contributed by atoms with van der Waals surface area (Å²) in [5, 5.41) is 11.2. The van der Waals surface area contributed by atoms with Crippen molar-refractivity contribution in [2.75, 3.05) is 19.5 Å². The summed E-state index contributed by atoms with van der Waals surface area (Å²) in [6.45, 7) is 1.84. The van der Waals surface area contributed by atoms with E-state index in [0.717, 1.165) is 5.82 Å². The number of methoxy groups -OCH3 is 2. The molecule has 0 radical (unpaired) electrons. The summed E-state index contributed by atoms with van der Waals surface area (Å²) in [6, 6.07) is 6.55. The molecule has 8 heteroatoms. The summed E-state index contributed by atoms with van der Waals surface area (Å²) >= 11 is 6.07. The second-order valence-electron chi connectivity index (χ2n) is 5.03. The van der Waals surface area contributed by atoms with Gasteiger partial charge in [-0.1, -0.05) is 11.6 Å². The number of benzene rings is 1. The number of hydrogen-bond acceptors (Lipinski definition) is 5. The maximum Gasteiger partial charge on any atom is 0.255 e. The summed E-state index contributed by atoms with van der Waals surface area (Å²) in [7, 11) is 3.00. The molecule has 24 heavy (non-hydrogen) atoms. The summed E-state index contributed by atoms with van der Waals surface area (Å²) in [5.74, 6) is 1.33.